The average molecular weight is 317 g/mol. The molecule has 2 aromatic heterocycles. The van der Waals surface area contributed by atoms with E-state index in [0.29, 0.717) is 16.8 Å². The van der Waals surface area contributed by atoms with Gasteiger partial charge in [-0.3, -0.25) is 0 Å². The molecule has 7 heteroatoms. The molecule has 0 atom stereocenters. The molecular weight excluding hydrogens is 306 g/mol. The van der Waals surface area contributed by atoms with E-state index in [4.69, 9.17) is 11.6 Å². The van der Waals surface area contributed by atoms with Gasteiger partial charge in [0, 0.05) is 12.7 Å². The molecule has 0 fully saturated rings. The predicted octanol–water partition coefficient (Wildman–Crippen LogP) is 2.90. The maximum absolute atomic E-state index is 5.83. The molecule has 5 nitrogen and oxygen atoms in total. The maximum Gasteiger partial charge on any atom is 0.224 e. The van der Waals surface area contributed by atoms with E-state index in [-0.39, 0.29) is 0 Å². The minimum Gasteiger partial charge on any atom is -0.354 e. The molecule has 0 amide bonds. The SMILES string of the molecule is CCCNc1ncc(Br)c(-n2cc(Cl)cn2)n1. The number of hydrogen-bond donors (Lipinski definition) is 1. The zero-order chi connectivity index (χ0) is 12.3. The van der Waals surface area contributed by atoms with Crippen molar-refractivity contribution in [2.24, 2.45) is 0 Å². The number of aromatic nitrogens is 4. The molecule has 0 saturated carbocycles. The first kappa shape index (κ1) is 12.3. The van der Waals surface area contributed by atoms with E-state index in [1.54, 1.807) is 23.3 Å². The number of hydrogen-bond acceptors (Lipinski definition) is 4. The van der Waals surface area contributed by atoms with Gasteiger partial charge in [-0.15, -0.1) is 0 Å². The van der Waals surface area contributed by atoms with Crippen LogP contribution in [0.3, 0.4) is 0 Å². The van der Waals surface area contributed by atoms with E-state index in [2.05, 4.69) is 43.2 Å². The van der Waals surface area contributed by atoms with Gasteiger partial charge in [0.2, 0.25) is 5.95 Å². The van der Waals surface area contributed by atoms with E-state index < -0.39 is 0 Å². The fourth-order valence-corrected chi connectivity index (χ4v) is 1.77. The molecule has 1 N–H and O–H groups in total. The van der Waals surface area contributed by atoms with Crippen LogP contribution in [0.1, 0.15) is 13.3 Å². The summed E-state index contributed by atoms with van der Waals surface area (Å²) in [5, 5.41) is 7.79. The van der Waals surface area contributed by atoms with Gasteiger partial charge in [-0.25, -0.2) is 9.67 Å². The summed E-state index contributed by atoms with van der Waals surface area (Å²) in [5.41, 5.74) is 0. The summed E-state index contributed by atoms with van der Waals surface area (Å²) in [4.78, 5) is 8.53. The van der Waals surface area contributed by atoms with Gasteiger partial charge in [-0.1, -0.05) is 18.5 Å². The number of rotatable bonds is 4. The Kier molecular flexibility index (Phi) is 3.96. The molecule has 0 unspecified atom stereocenters. The highest BCUT2D eigenvalue weighted by atomic mass is 79.9. The number of halogens is 2. The molecule has 0 aliphatic heterocycles. The summed E-state index contributed by atoms with van der Waals surface area (Å²) in [6, 6.07) is 0. The van der Waals surface area contributed by atoms with E-state index in [9.17, 15) is 0 Å². The van der Waals surface area contributed by atoms with Crippen LogP contribution in [0.15, 0.2) is 23.1 Å². The van der Waals surface area contributed by atoms with Crippen molar-refractivity contribution in [1.29, 1.82) is 0 Å². The normalized spacial score (nSPS) is 10.5. The highest BCUT2D eigenvalue weighted by Crippen LogP contribution is 2.20. The summed E-state index contributed by atoms with van der Waals surface area (Å²) in [5.74, 6) is 1.24. The Balaban J connectivity index is 2.32. The summed E-state index contributed by atoms with van der Waals surface area (Å²) in [7, 11) is 0. The Morgan fingerprint density at radius 1 is 1.47 bits per heavy atom. The molecule has 2 rings (SSSR count). The van der Waals surface area contributed by atoms with Crippen LogP contribution in [0.2, 0.25) is 5.02 Å². The molecule has 0 aliphatic carbocycles. The van der Waals surface area contributed by atoms with Crippen molar-refractivity contribution in [3.05, 3.63) is 28.1 Å². The second-order valence-electron chi connectivity index (χ2n) is 3.40. The van der Waals surface area contributed by atoms with Crippen molar-refractivity contribution in [2.75, 3.05) is 11.9 Å². The highest BCUT2D eigenvalue weighted by Gasteiger charge is 2.08. The van der Waals surface area contributed by atoms with E-state index in [1.807, 2.05) is 0 Å². The van der Waals surface area contributed by atoms with Crippen LogP contribution in [0.25, 0.3) is 5.82 Å². The van der Waals surface area contributed by atoms with Crippen LogP contribution >= 0.6 is 27.5 Å². The van der Waals surface area contributed by atoms with Crippen molar-refractivity contribution in [2.45, 2.75) is 13.3 Å². The van der Waals surface area contributed by atoms with Crippen LogP contribution in [0, 0.1) is 0 Å². The fourth-order valence-electron chi connectivity index (χ4n) is 1.26. The molecular formula is C10H11BrClN5. The van der Waals surface area contributed by atoms with Crippen LogP contribution in [0.4, 0.5) is 5.95 Å². The lowest BCUT2D eigenvalue weighted by molar-refractivity contribution is 0.830. The van der Waals surface area contributed by atoms with Crippen LogP contribution in [-0.4, -0.2) is 26.3 Å². The number of nitrogens with zero attached hydrogens (tertiary/aromatic N) is 4. The van der Waals surface area contributed by atoms with Gasteiger partial charge < -0.3 is 5.32 Å². The van der Waals surface area contributed by atoms with Crippen LogP contribution in [-0.2, 0) is 0 Å². The van der Waals surface area contributed by atoms with E-state index in [1.165, 1.54) is 0 Å². The van der Waals surface area contributed by atoms with Gasteiger partial charge in [0.15, 0.2) is 5.82 Å². The first-order valence-corrected chi connectivity index (χ1v) is 6.34. The summed E-state index contributed by atoms with van der Waals surface area (Å²) in [6.07, 6.45) is 5.96. The lowest BCUT2D eigenvalue weighted by atomic mass is 10.5. The second kappa shape index (κ2) is 5.46. The van der Waals surface area contributed by atoms with Gasteiger partial charge in [0.25, 0.3) is 0 Å². The van der Waals surface area contributed by atoms with Crippen molar-refractivity contribution >= 4 is 33.5 Å². The molecule has 90 valence electrons. The Bertz CT molecular complexity index is 513. The molecule has 0 aliphatic rings. The minimum atomic E-state index is 0.568. The molecule has 0 bridgehead atoms. The molecule has 0 radical (unpaired) electrons. The second-order valence-corrected chi connectivity index (χ2v) is 4.69. The quantitative estimate of drug-likeness (QED) is 0.942. The first-order chi connectivity index (χ1) is 8.20. The Labute approximate surface area is 112 Å². The predicted molar refractivity (Wildman–Crippen MR) is 70.6 cm³/mol. The lowest BCUT2D eigenvalue weighted by Gasteiger charge is -2.07. The highest BCUT2D eigenvalue weighted by molar-refractivity contribution is 9.10. The van der Waals surface area contributed by atoms with E-state index >= 15 is 0 Å². The van der Waals surface area contributed by atoms with Crippen LogP contribution < -0.4 is 5.32 Å². The van der Waals surface area contributed by atoms with Crippen molar-refractivity contribution in [1.82, 2.24) is 19.7 Å². The third-order valence-corrected chi connectivity index (χ3v) is 2.78. The zero-order valence-corrected chi connectivity index (χ0v) is 11.5. The fraction of sp³-hybridized carbons (Fsp3) is 0.300. The third-order valence-electron chi connectivity index (χ3n) is 2.03. The zero-order valence-electron chi connectivity index (χ0n) is 9.19. The van der Waals surface area contributed by atoms with Crippen molar-refractivity contribution in [3.8, 4) is 5.82 Å². The Morgan fingerprint density at radius 3 is 2.94 bits per heavy atom. The number of nitrogens with one attached hydrogen (secondary N) is 1. The molecule has 0 saturated heterocycles. The molecule has 0 aromatic carbocycles. The number of anilines is 1. The smallest absolute Gasteiger partial charge is 0.224 e. The van der Waals surface area contributed by atoms with Crippen molar-refractivity contribution < 1.29 is 0 Å². The maximum atomic E-state index is 5.83. The minimum absolute atomic E-state index is 0.568. The van der Waals surface area contributed by atoms with E-state index in [0.717, 1.165) is 17.4 Å². The standard InChI is InChI=1S/C10H11BrClN5/c1-2-3-13-10-14-5-8(11)9(16-10)17-6-7(12)4-15-17/h4-6H,2-3H2,1H3,(H,13,14,16). The van der Waals surface area contributed by atoms with Gasteiger partial charge in [0.05, 0.1) is 21.9 Å². The molecule has 17 heavy (non-hydrogen) atoms. The van der Waals surface area contributed by atoms with Gasteiger partial charge >= 0.3 is 0 Å². The van der Waals surface area contributed by atoms with Gasteiger partial charge in [-0.2, -0.15) is 10.1 Å². The summed E-state index contributed by atoms with van der Waals surface area (Å²) >= 11 is 9.22. The molecule has 2 heterocycles. The molecule has 0 spiro atoms. The largest absolute Gasteiger partial charge is 0.354 e. The van der Waals surface area contributed by atoms with Gasteiger partial charge in [-0.05, 0) is 22.4 Å². The van der Waals surface area contributed by atoms with Gasteiger partial charge in [0.1, 0.15) is 0 Å². The monoisotopic (exact) mass is 315 g/mol. The average Bonchev–Trinajstić information content (AvgIpc) is 2.75. The lowest BCUT2D eigenvalue weighted by Crippen LogP contribution is -2.07. The van der Waals surface area contributed by atoms with Crippen LogP contribution in [0.5, 0.6) is 0 Å². The van der Waals surface area contributed by atoms with Crippen molar-refractivity contribution in [3.63, 3.8) is 0 Å². The Morgan fingerprint density at radius 2 is 2.29 bits per heavy atom. The topological polar surface area (TPSA) is 55.6 Å². The Hall–Kier alpha value is -1.14. The summed E-state index contributed by atoms with van der Waals surface area (Å²) < 4.78 is 2.37. The molecule has 2 aromatic rings. The third kappa shape index (κ3) is 2.95. The summed E-state index contributed by atoms with van der Waals surface area (Å²) in [6.45, 7) is 2.92. The first-order valence-electron chi connectivity index (χ1n) is 5.17.